The SMILES string of the molecule is O=C(O)CC(C[N+](=O)[O-])c1ccc(F)cc1. The van der Waals surface area contributed by atoms with Crippen molar-refractivity contribution in [3.63, 3.8) is 0 Å². The maximum absolute atomic E-state index is 12.6. The fourth-order valence-electron chi connectivity index (χ4n) is 1.41. The lowest BCUT2D eigenvalue weighted by Crippen LogP contribution is -2.16. The van der Waals surface area contributed by atoms with Crippen LogP contribution < -0.4 is 0 Å². The highest BCUT2D eigenvalue weighted by Crippen LogP contribution is 2.20. The highest BCUT2D eigenvalue weighted by atomic mass is 19.1. The summed E-state index contributed by atoms with van der Waals surface area (Å²) < 4.78 is 12.6. The molecule has 0 bridgehead atoms. The van der Waals surface area contributed by atoms with Crippen molar-refractivity contribution in [2.75, 3.05) is 6.54 Å². The van der Waals surface area contributed by atoms with Crippen LogP contribution in [0.4, 0.5) is 4.39 Å². The lowest BCUT2D eigenvalue weighted by atomic mass is 9.96. The molecule has 1 aromatic carbocycles. The molecule has 0 amide bonds. The molecule has 1 rings (SSSR count). The van der Waals surface area contributed by atoms with Gasteiger partial charge < -0.3 is 5.11 Å². The smallest absolute Gasteiger partial charge is 0.304 e. The van der Waals surface area contributed by atoms with Gasteiger partial charge in [0.25, 0.3) is 0 Å². The van der Waals surface area contributed by atoms with Crippen LogP contribution in [0, 0.1) is 15.9 Å². The quantitative estimate of drug-likeness (QED) is 0.612. The molecule has 1 unspecified atom stereocenters. The first kappa shape index (κ1) is 12.1. The Hall–Kier alpha value is -1.98. The molecule has 0 aromatic heterocycles. The molecule has 0 radical (unpaired) electrons. The number of nitro groups is 1. The van der Waals surface area contributed by atoms with Crippen LogP contribution in [0.5, 0.6) is 0 Å². The summed E-state index contributed by atoms with van der Waals surface area (Å²) in [5.41, 5.74) is 0.459. The molecule has 6 heteroatoms. The largest absolute Gasteiger partial charge is 0.481 e. The normalized spacial score (nSPS) is 12.1. The third kappa shape index (κ3) is 3.64. The lowest BCUT2D eigenvalue weighted by Gasteiger charge is -2.10. The Kier molecular flexibility index (Phi) is 3.93. The van der Waals surface area contributed by atoms with Crippen molar-refractivity contribution >= 4 is 5.97 Å². The first-order valence-corrected chi connectivity index (χ1v) is 4.58. The number of carbonyl (C=O) groups is 1. The second-order valence-corrected chi connectivity index (χ2v) is 3.36. The van der Waals surface area contributed by atoms with Gasteiger partial charge in [-0.1, -0.05) is 12.1 Å². The summed E-state index contributed by atoms with van der Waals surface area (Å²) in [6.45, 7) is -0.474. The Morgan fingerprint density at radius 2 is 2.00 bits per heavy atom. The number of hydrogen-bond donors (Lipinski definition) is 1. The van der Waals surface area contributed by atoms with E-state index in [1.54, 1.807) is 0 Å². The standard InChI is InChI=1S/C10H10FNO4/c11-9-3-1-7(2-4-9)8(5-10(13)14)6-12(15)16/h1-4,8H,5-6H2,(H,13,14). The maximum atomic E-state index is 12.6. The number of halogens is 1. The Balaban J connectivity index is 2.86. The molecule has 0 aliphatic carbocycles. The summed E-state index contributed by atoms with van der Waals surface area (Å²) in [5, 5.41) is 19.0. The third-order valence-electron chi connectivity index (χ3n) is 2.13. The Morgan fingerprint density at radius 3 is 2.44 bits per heavy atom. The molecule has 0 spiro atoms. The Bertz CT molecular complexity index is 374. The van der Waals surface area contributed by atoms with Crippen LogP contribution in [-0.2, 0) is 4.79 Å². The number of benzene rings is 1. The van der Waals surface area contributed by atoms with Crippen molar-refractivity contribution in [1.29, 1.82) is 0 Å². The molecule has 1 atom stereocenters. The molecule has 0 aliphatic rings. The fraction of sp³-hybridized carbons (Fsp3) is 0.300. The van der Waals surface area contributed by atoms with E-state index in [1.807, 2.05) is 0 Å². The fourth-order valence-corrected chi connectivity index (χ4v) is 1.41. The van der Waals surface area contributed by atoms with Gasteiger partial charge in [0.15, 0.2) is 0 Å². The molecular formula is C10H10FNO4. The van der Waals surface area contributed by atoms with Crippen LogP contribution in [0.25, 0.3) is 0 Å². The average Bonchev–Trinajstić information content (AvgIpc) is 2.16. The van der Waals surface area contributed by atoms with Crippen molar-refractivity contribution < 1.29 is 19.2 Å². The molecule has 0 fully saturated rings. The van der Waals surface area contributed by atoms with E-state index in [4.69, 9.17) is 5.11 Å². The molecule has 5 nitrogen and oxygen atoms in total. The zero-order chi connectivity index (χ0) is 12.1. The molecule has 0 heterocycles. The molecule has 1 N–H and O–H groups in total. The van der Waals surface area contributed by atoms with E-state index in [0.29, 0.717) is 5.56 Å². The molecule has 0 aliphatic heterocycles. The zero-order valence-corrected chi connectivity index (χ0v) is 8.30. The van der Waals surface area contributed by atoms with E-state index in [-0.39, 0.29) is 6.42 Å². The highest BCUT2D eigenvalue weighted by Gasteiger charge is 2.21. The summed E-state index contributed by atoms with van der Waals surface area (Å²) in [5.74, 6) is -2.30. The molecule has 16 heavy (non-hydrogen) atoms. The minimum Gasteiger partial charge on any atom is -0.481 e. The summed E-state index contributed by atoms with van der Waals surface area (Å²) >= 11 is 0. The summed E-state index contributed by atoms with van der Waals surface area (Å²) in [6.07, 6.45) is -0.341. The van der Waals surface area contributed by atoms with Gasteiger partial charge in [0.1, 0.15) is 5.82 Å². The third-order valence-corrected chi connectivity index (χ3v) is 2.13. The number of rotatable bonds is 5. The van der Waals surface area contributed by atoms with E-state index in [2.05, 4.69) is 0 Å². The molecule has 0 saturated carbocycles. The van der Waals surface area contributed by atoms with Gasteiger partial charge in [-0.3, -0.25) is 14.9 Å². The van der Waals surface area contributed by atoms with Gasteiger partial charge in [-0.15, -0.1) is 0 Å². The summed E-state index contributed by atoms with van der Waals surface area (Å²) in [6, 6.07) is 5.05. The van der Waals surface area contributed by atoms with E-state index in [9.17, 15) is 19.3 Å². The monoisotopic (exact) mass is 227 g/mol. The van der Waals surface area contributed by atoms with Gasteiger partial charge in [0.2, 0.25) is 6.54 Å². The molecular weight excluding hydrogens is 217 g/mol. The topological polar surface area (TPSA) is 80.4 Å². The van der Waals surface area contributed by atoms with Crippen LogP contribution >= 0.6 is 0 Å². The predicted molar refractivity (Wildman–Crippen MR) is 53.3 cm³/mol. The first-order chi connectivity index (χ1) is 7.49. The van der Waals surface area contributed by atoms with Crippen molar-refractivity contribution in [1.82, 2.24) is 0 Å². The van der Waals surface area contributed by atoms with Gasteiger partial charge in [0.05, 0.1) is 12.3 Å². The number of hydrogen-bond acceptors (Lipinski definition) is 3. The van der Waals surface area contributed by atoms with Crippen LogP contribution in [-0.4, -0.2) is 22.5 Å². The van der Waals surface area contributed by atoms with Gasteiger partial charge in [-0.2, -0.15) is 0 Å². The average molecular weight is 227 g/mol. The van der Waals surface area contributed by atoms with Gasteiger partial charge in [-0.25, -0.2) is 4.39 Å². The maximum Gasteiger partial charge on any atom is 0.304 e. The number of aliphatic carboxylic acids is 1. The molecule has 0 saturated heterocycles. The van der Waals surface area contributed by atoms with E-state index in [1.165, 1.54) is 12.1 Å². The Labute approximate surface area is 90.7 Å². The number of carboxylic acid groups (broad SMARTS) is 1. The lowest BCUT2D eigenvalue weighted by molar-refractivity contribution is -0.483. The van der Waals surface area contributed by atoms with Gasteiger partial charge >= 0.3 is 5.97 Å². The minimum atomic E-state index is -1.11. The minimum absolute atomic E-state index is 0.341. The van der Waals surface area contributed by atoms with Gasteiger partial charge in [0, 0.05) is 4.92 Å². The van der Waals surface area contributed by atoms with Crippen LogP contribution in [0.2, 0.25) is 0 Å². The second kappa shape index (κ2) is 5.20. The predicted octanol–water partition coefficient (Wildman–Crippen LogP) is 1.66. The Morgan fingerprint density at radius 1 is 1.44 bits per heavy atom. The van der Waals surface area contributed by atoms with Crippen LogP contribution in [0.15, 0.2) is 24.3 Å². The van der Waals surface area contributed by atoms with E-state index in [0.717, 1.165) is 12.1 Å². The van der Waals surface area contributed by atoms with E-state index < -0.39 is 29.2 Å². The summed E-state index contributed by atoms with van der Waals surface area (Å²) in [7, 11) is 0. The highest BCUT2D eigenvalue weighted by molar-refractivity contribution is 5.68. The van der Waals surface area contributed by atoms with Gasteiger partial charge in [-0.05, 0) is 17.7 Å². The van der Waals surface area contributed by atoms with Crippen molar-refractivity contribution in [3.8, 4) is 0 Å². The van der Waals surface area contributed by atoms with Crippen LogP contribution in [0.1, 0.15) is 17.9 Å². The first-order valence-electron chi connectivity index (χ1n) is 4.58. The van der Waals surface area contributed by atoms with Crippen molar-refractivity contribution in [2.45, 2.75) is 12.3 Å². The summed E-state index contributed by atoms with van der Waals surface area (Å²) in [4.78, 5) is 20.3. The zero-order valence-electron chi connectivity index (χ0n) is 8.30. The number of carboxylic acids is 1. The van der Waals surface area contributed by atoms with Crippen molar-refractivity contribution in [2.24, 2.45) is 0 Å². The van der Waals surface area contributed by atoms with Crippen LogP contribution in [0.3, 0.4) is 0 Å². The van der Waals surface area contributed by atoms with Crippen molar-refractivity contribution in [3.05, 3.63) is 45.8 Å². The second-order valence-electron chi connectivity index (χ2n) is 3.36. The molecule has 1 aromatic rings. The van der Waals surface area contributed by atoms with E-state index >= 15 is 0 Å². The molecule has 86 valence electrons. The number of nitrogens with zero attached hydrogens (tertiary/aromatic N) is 1.